The molecule has 3 rings (SSSR count). The van der Waals surface area contributed by atoms with Crippen molar-refractivity contribution in [1.82, 2.24) is 19.2 Å². The molecule has 0 spiro atoms. The van der Waals surface area contributed by atoms with Crippen LogP contribution in [0.2, 0.25) is 0 Å². The summed E-state index contributed by atoms with van der Waals surface area (Å²) in [5.74, 6) is 1.34. The molecule has 18 heavy (non-hydrogen) atoms. The first-order valence-electron chi connectivity index (χ1n) is 5.77. The first-order chi connectivity index (χ1) is 8.70. The molecule has 0 saturated carbocycles. The van der Waals surface area contributed by atoms with E-state index in [1.165, 1.54) is 0 Å². The van der Waals surface area contributed by atoms with E-state index in [0.29, 0.717) is 5.92 Å². The van der Waals surface area contributed by atoms with E-state index in [0.717, 1.165) is 27.5 Å². The van der Waals surface area contributed by atoms with E-state index in [2.05, 4.69) is 50.3 Å². The van der Waals surface area contributed by atoms with Gasteiger partial charge in [-0.25, -0.2) is 4.68 Å². The summed E-state index contributed by atoms with van der Waals surface area (Å²) in [6.07, 6.45) is 4.02. The summed E-state index contributed by atoms with van der Waals surface area (Å²) in [7, 11) is 0. The third-order valence-electron chi connectivity index (χ3n) is 2.88. The lowest BCUT2D eigenvalue weighted by Gasteiger charge is -2.01. The molecule has 0 saturated heterocycles. The van der Waals surface area contributed by atoms with Gasteiger partial charge in [0.25, 0.3) is 0 Å². The first kappa shape index (κ1) is 11.9. The van der Waals surface area contributed by atoms with Gasteiger partial charge in [0.15, 0.2) is 10.8 Å². The monoisotopic (exact) mass is 324 g/mol. The fraction of sp³-hybridized carbons (Fsp3) is 0.333. The molecule has 4 nitrogen and oxygen atoms in total. The van der Waals surface area contributed by atoms with Crippen LogP contribution in [0.1, 0.15) is 31.2 Å². The molecule has 0 aliphatic rings. The second-order valence-electron chi connectivity index (χ2n) is 4.41. The average molecular weight is 325 g/mol. The molecule has 0 aliphatic heterocycles. The van der Waals surface area contributed by atoms with Gasteiger partial charge in [-0.15, -0.1) is 11.3 Å². The van der Waals surface area contributed by atoms with Gasteiger partial charge in [0.1, 0.15) is 0 Å². The van der Waals surface area contributed by atoms with Gasteiger partial charge in [-0.2, -0.15) is 10.1 Å². The lowest BCUT2D eigenvalue weighted by atomic mass is 10.1. The molecule has 0 fully saturated rings. The van der Waals surface area contributed by atoms with E-state index in [1.807, 2.05) is 22.5 Å². The van der Waals surface area contributed by atoms with Crippen molar-refractivity contribution in [2.75, 3.05) is 0 Å². The van der Waals surface area contributed by atoms with Crippen LogP contribution in [-0.2, 0) is 5.33 Å². The number of hydrogen-bond donors (Lipinski definition) is 0. The Hall–Kier alpha value is -1.14. The Balaban J connectivity index is 2.14. The molecule has 0 bridgehead atoms. The van der Waals surface area contributed by atoms with Crippen LogP contribution in [0.15, 0.2) is 23.8 Å². The number of alkyl halides is 1. The minimum Gasteiger partial charge on any atom is -0.292 e. The van der Waals surface area contributed by atoms with E-state index in [4.69, 9.17) is 0 Å². The van der Waals surface area contributed by atoms with E-state index in [-0.39, 0.29) is 0 Å². The Morgan fingerprint density at radius 3 is 2.89 bits per heavy atom. The molecule has 6 heteroatoms. The van der Waals surface area contributed by atoms with Gasteiger partial charge in [0.05, 0.1) is 11.4 Å². The summed E-state index contributed by atoms with van der Waals surface area (Å²) in [6.45, 7) is 4.29. The van der Waals surface area contributed by atoms with Crippen molar-refractivity contribution in [1.29, 1.82) is 0 Å². The van der Waals surface area contributed by atoms with Gasteiger partial charge in [0, 0.05) is 23.1 Å². The zero-order chi connectivity index (χ0) is 12.7. The molecular weight excluding hydrogens is 312 g/mol. The van der Waals surface area contributed by atoms with Gasteiger partial charge >= 0.3 is 0 Å². The predicted octanol–water partition coefficient (Wildman–Crippen LogP) is 3.60. The number of aromatic nitrogens is 4. The number of rotatable bonds is 3. The summed E-state index contributed by atoms with van der Waals surface area (Å²) >= 11 is 5.16. The highest BCUT2D eigenvalue weighted by Crippen LogP contribution is 2.23. The highest BCUT2D eigenvalue weighted by atomic mass is 79.9. The van der Waals surface area contributed by atoms with E-state index in [9.17, 15) is 0 Å². The third-order valence-corrected chi connectivity index (χ3v) is 4.17. The average Bonchev–Trinajstić information content (AvgIpc) is 3.02. The molecule has 3 aromatic heterocycles. The Morgan fingerprint density at radius 2 is 2.22 bits per heavy atom. The van der Waals surface area contributed by atoms with Crippen LogP contribution in [-0.4, -0.2) is 19.2 Å². The van der Waals surface area contributed by atoms with Gasteiger partial charge in [-0.1, -0.05) is 29.8 Å². The van der Waals surface area contributed by atoms with Crippen LogP contribution >= 0.6 is 27.3 Å². The largest absolute Gasteiger partial charge is 0.292 e. The van der Waals surface area contributed by atoms with E-state index >= 15 is 0 Å². The number of fused-ring (bicyclic) bond motifs is 1. The lowest BCUT2D eigenvalue weighted by Crippen LogP contribution is -2.01. The molecule has 3 aromatic rings. The van der Waals surface area contributed by atoms with Gasteiger partial charge in [0.2, 0.25) is 0 Å². The van der Waals surface area contributed by atoms with Crippen molar-refractivity contribution in [3.8, 4) is 5.82 Å². The molecule has 0 unspecified atom stereocenters. The molecule has 0 atom stereocenters. The second-order valence-corrected chi connectivity index (χ2v) is 5.84. The van der Waals surface area contributed by atoms with Crippen LogP contribution in [0.3, 0.4) is 0 Å². The third kappa shape index (κ3) is 1.80. The normalized spacial score (nSPS) is 11.8. The van der Waals surface area contributed by atoms with E-state index < -0.39 is 0 Å². The molecular formula is C12H13BrN4S. The van der Waals surface area contributed by atoms with Crippen LogP contribution < -0.4 is 0 Å². The van der Waals surface area contributed by atoms with Crippen molar-refractivity contribution in [3.05, 3.63) is 35.2 Å². The predicted molar refractivity (Wildman–Crippen MR) is 76.9 cm³/mol. The van der Waals surface area contributed by atoms with Crippen LogP contribution in [0.5, 0.6) is 0 Å². The van der Waals surface area contributed by atoms with Crippen molar-refractivity contribution < 1.29 is 0 Å². The van der Waals surface area contributed by atoms with Crippen molar-refractivity contribution in [2.24, 2.45) is 0 Å². The van der Waals surface area contributed by atoms with Crippen molar-refractivity contribution in [2.45, 2.75) is 25.1 Å². The minimum absolute atomic E-state index is 0.433. The summed E-state index contributed by atoms with van der Waals surface area (Å²) in [6, 6.07) is 2.05. The Labute approximate surface area is 117 Å². The fourth-order valence-corrected chi connectivity index (χ4v) is 3.14. The standard InChI is InChI=1S/C12H13BrN4S/c1-8(2)9-3-4-17(15-9)11-10(7-13)16-5-6-18-12(16)14-11/h3-6,8H,7H2,1-2H3. The molecule has 0 aliphatic carbocycles. The molecule has 0 radical (unpaired) electrons. The maximum Gasteiger partial charge on any atom is 0.195 e. The van der Waals surface area contributed by atoms with Gasteiger partial charge in [-0.3, -0.25) is 4.40 Å². The molecule has 0 N–H and O–H groups in total. The highest BCUT2D eigenvalue weighted by Gasteiger charge is 2.15. The Kier molecular flexibility index (Phi) is 2.99. The minimum atomic E-state index is 0.433. The Morgan fingerprint density at radius 1 is 1.39 bits per heavy atom. The quantitative estimate of drug-likeness (QED) is 0.690. The summed E-state index contributed by atoms with van der Waals surface area (Å²) < 4.78 is 3.97. The van der Waals surface area contributed by atoms with Gasteiger partial charge in [-0.05, 0) is 12.0 Å². The highest BCUT2D eigenvalue weighted by molar-refractivity contribution is 9.08. The van der Waals surface area contributed by atoms with Crippen LogP contribution in [0.25, 0.3) is 10.8 Å². The first-order valence-corrected chi connectivity index (χ1v) is 7.77. The van der Waals surface area contributed by atoms with Gasteiger partial charge < -0.3 is 0 Å². The number of thiazole rings is 1. The molecule has 0 amide bonds. The molecule has 0 aromatic carbocycles. The summed E-state index contributed by atoms with van der Waals surface area (Å²) in [4.78, 5) is 5.64. The smallest absolute Gasteiger partial charge is 0.195 e. The zero-order valence-electron chi connectivity index (χ0n) is 10.2. The van der Waals surface area contributed by atoms with Crippen LogP contribution in [0, 0.1) is 0 Å². The summed E-state index contributed by atoms with van der Waals surface area (Å²) in [5, 5.41) is 7.39. The topological polar surface area (TPSA) is 35.1 Å². The number of nitrogens with zero attached hydrogens (tertiary/aromatic N) is 4. The Bertz CT molecular complexity index is 679. The number of hydrogen-bond acceptors (Lipinski definition) is 3. The fourth-order valence-electron chi connectivity index (χ4n) is 1.89. The maximum atomic E-state index is 4.64. The van der Waals surface area contributed by atoms with Crippen molar-refractivity contribution in [3.63, 3.8) is 0 Å². The lowest BCUT2D eigenvalue weighted by molar-refractivity contribution is 0.757. The molecule has 3 heterocycles. The summed E-state index contributed by atoms with van der Waals surface area (Å²) in [5.41, 5.74) is 2.22. The number of imidazole rings is 1. The van der Waals surface area contributed by atoms with Crippen molar-refractivity contribution >= 4 is 32.2 Å². The molecule has 94 valence electrons. The number of halogens is 1. The maximum absolute atomic E-state index is 4.64. The second kappa shape index (κ2) is 4.51. The van der Waals surface area contributed by atoms with Crippen LogP contribution in [0.4, 0.5) is 0 Å². The zero-order valence-corrected chi connectivity index (χ0v) is 12.6. The van der Waals surface area contributed by atoms with E-state index in [1.54, 1.807) is 11.3 Å². The SMILES string of the molecule is CC(C)c1ccn(-c2nc3sccn3c2CBr)n1.